The van der Waals surface area contributed by atoms with E-state index in [0.717, 1.165) is 31.7 Å². The molecule has 1 fully saturated rings. The minimum absolute atomic E-state index is 0. The molecule has 0 radical (unpaired) electrons. The summed E-state index contributed by atoms with van der Waals surface area (Å²) in [6, 6.07) is 9.28. The number of piperazine rings is 1. The number of rotatable bonds is 2. The van der Waals surface area contributed by atoms with Crippen LogP contribution in [0.4, 0.5) is 0 Å². The highest BCUT2D eigenvalue weighted by molar-refractivity contribution is 5.86. The van der Waals surface area contributed by atoms with Gasteiger partial charge in [-0.3, -0.25) is 9.88 Å². The summed E-state index contributed by atoms with van der Waals surface area (Å²) in [4.78, 5) is 7.07. The molecule has 1 saturated heterocycles. The van der Waals surface area contributed by atoms with E-state index in [2.05, 4.69) is 47.2 Å². The fourth-order valence-corrected chi connectivity index (χ4v) is 2.85. The highest BCUT2D eigenvalue weighted by atomic mass is 35.5. The first-order valence-corrected chi connectivity index (χ1v) is 7.03. The van der Waals surface area contributed by atoms with Crippen molar-refractivity contribution in [1.82, 2.24) is 15.2 Å². The van der Waals surface area contributed by atoms with Gasteiger partial charge >= 0.3 is 0 Å². The lowest BCUT2D eigenvalue weighted by molar-refractivity contribution is 0.166. The third-order valence-corrected chi connectivity index (χ3v) is 4.07. The number of fused-ring (bicyclic) bond motifs is 1. The summed E-state index contributed by atoms with van der Waals surface area (Å²) in [7, 11) is 0. The third kappa shape index (κ3) is 3.86. The van der Waals surface area contributed by atoms with Crippen molar-refractivity contribution in [3.8, 4) is 0 Å². The molecule has 21 heavy (non-hydrogen) atoms. The van der Waals surface area contributed by atoms with Crippen molar-refractivity contribution >= 4 is 35.7 Å². The van der Waals surface area contributed by atoms with Crippen LogP contribution in [0.25, 0.3) is 10.9 Å². The van der Waals surface area contributed by atoms with E-state index in [-0.39, 0.29) is 24.8 Å². The Bertz CT molecular complexity index is 589. The third-order valence-electron chi connectivity index (χ3n) is 4.07. The Morgan fingerprint density at radius 2 is 2.10 bits per heavy atom. The van der Waals surface area contributed by atoms with Gasteiger partial charge in [0.25, 0.3) is 0 Å². The van der Waals surface area contributed by atoms with Crippen LogP contribution in [-0.4, -0.2) is 35.6 Å². The lowest BCUT2D eigenvalue weighted by Gasteiger charge is -2.34. The molecular weight excluding hydrogens is 305 g/mol. The Hall–Kier alpha value is -0.870. The van der Waals surface area contributed by atoms with Crippen molar-refractivity contribution in [3.05, 3.63) is 41.6 Å². The Morgan fingerprint density at radius 3 is 2.86 bits per heavy atom. The van der Waals surface area contributed by atoms with Crippen molar-refractivity contribution in [2.75, 3.05) is 19.6 Å². The molecule has 2 heterocycles. The van der Waals surface area contributed by atoms with Crippen LogP contribution in [0.2, 0.25) is 0 Å². The first-order chi connectivity index (χ1) is 9.25. The van der Waals surface area contributed by atoms with Crippen LogP contribution in [0, 0.1) is 6.92 Å². The van der Waals surface area contributed by atoms with Crippen molar-refractivity contribution in [3.63, 3.8) is 0 Å². The number of aromatic nitrogens is 1. The Morgan fingerprint density at radius 1 is 1.29 bits per heavy atom. The first-order valence-electron chi connectivity index (χ1n) is 7.03. The van der Waals surface area contributed by atoms with Crippen LogP contribution in [0.5, 0.6) is 0 Å². The number of hydrogen-bond donors (Lipinski definition) is 1. The quantitative estimate of drug-likeness (QED) is 0.918. The molecule has 1 aliphatic rings. The van der Waals surface area contributed by atoms with E-state index >= 15 is 0 Å². The number of hydrogen-bond acceptors (Lipinski definition) is 3. The average molecular weight is 328 g/mol. The van der Waals surface area contributed by atoms with Gasteiger partial charge < -0.3 is 5.32 Å². The second kappa shape index (κ2) is 7.95. The average Bonchev–Trinajstić information content (AvgIpc) is 2.44. The summed E-state index contributed by atoms with van der Waals surface area (Å²) < 4.78 is 0. The number of pyridine rings is 1. The van der Waals surface area contributed by atoms with E-state index in [0.29, 0.717) is 6.04 Å². The fourth-order valence-electron chi connectivity index (χ4n) is 2.85. The van der Waals surface area contributed by atoms with Crippen molar-refractivity contribution in [2.24, 2.45) is 0 Å². The van der Waals surface area contributed by atoms with E-state index < -0.39 is 0 Å². The molecule has 0 spiro atoms. The summed E-state index contributed by atoms with van der Waals surface area (Å²) in [5.41, 5.74) is 3.79. The van der Waals surface area contributed by atoms with Gasteiger partial charge in [-0.25, -0.2) is 0 Å². The molecule has 1 atom stereocenters. The zero-order valence-electron chi connectivity index (χ0n) is 12.5. The topological polar surface area (TPSA) is 28.2 Å². The van der Waals surface area contributed by atoms with Crippen LogP contribution in [0.1, 0.15) is 18.1 Å². The molecule has 1 aromatic carbocycles. The smallest absolute Gasteiger partial charge is 0.0734 e. The van der Waals surface area contributed by atoms with Gasteiger partial charge in [0, 0.05) is 43.8 Å². The largest absolute Gasteiger partial charge is 0.314 e. The van der Waals surface area contributed by atoms with Gasteiger partial charge in [0.15, 0.2) is 0 Å². The van der Waals surface area contributed by atoms with E-state index in [1.165, 1.54) is 16.5 Å². The minimum atomic E-state index is 0. The molecular formula is C16H23Cl2N3. The molecule has 0 unspecified atom stereocenters. The highest BCUT2D eigenvalue weighted by Gasteiger charge is 2.18. The first kappa shape index (κ1) is 18.2. The SMILES string of the molecule is Cc1ccc(CN2CCNC[C@H]2C)c2cccnc12.Cl.Cl. The Labute approximate surface area is 138 Å². The molecule has 5 heteroatoms. The zero-order chi connectivity index (χ0) is 13.2. The predicted molar refractivity (Wildman–Crippen MR) is 93.7 cm³/mol. The maximum atomic E-state index is 4.52. The number of nitrogens with one attached hydrogen (secondary N) is 1. The molecule has 1 aromatic heterocycles. The van der Waals surface area contributed by atoms with Crippen LogP contribution >= 0.6 is 24.8 Å². The lowest BCUT2D eigenvalue weighted by Crippen LogP contribution is -2.49. The van der Waals surface area contributed by atoms with Crippen LogP contribution in [0.15, 0.2) is 30.5 Å². The van der Waals surface area contributed by atoms with Crippen molar-refractivity contribution < 1.29 is 0 Å². The molecule has 0 bridgehead atoms. The van der Waals surface area contributed by atoms with E-state index in [9.17, 15) is 0 Å². The van der Waals surface area contributed by atoms with Crippen LogP contribution in [0.3, 0.4) is 0 Å². The second-order valence-electron chi connectivity index (χ2n) is 5.46. The van der Waals surface area contributed by atoms with E-state index in [1.807, 2.05) is 12.3 Å². The number of aryl methyl sites for hydroxylation is 1. The van der Waals surface area contributed by atoms with Crippen LogP contribution in [-0.2, 0) is 6.54 Å². The highest BCUT2D eigenvalue weighted by Crippen LogP contribution is 2.22. The molecule has 3 nitrogen and oxygen atoms in total. The van der Waals surface area contributed by atoms with Gasteiger partial charge in [-0.15, -0.1) is 24.8 Å². The van der Waals surface area contributed by atoms with Gasteiger partial charge in [0.05, 0.1) is 5.52 Å². The standard InChI is InChI=1S/C16H21N3.2ClH/c1-12-5-6-14(15-4-3-7-18-16(12)15)11-19-9-8-17-10-13(19)2;;/h3-7,13,17H,8-11H2,1-2H3;2*1H/t13-;;/m1../s1. The van der Waals surface area contributed by atoms with Gasteiger partial charge in [0.1, 0.15) is 0 Å². The molecule has 3 rings (SSSR count). The number of benzene rings is 1. The maximum absolute atomic E-state index is 4.52. The number of nitrogens with zero attached hydrogens (tertiary/aromatic N) is 2. The summed E-state index contributed by atoms with van der Waals surface area (Å²) >= 11 is 0. The summed E-state index contributed by atoms with van der Waals surface area (Å²) in [6.45, 7) is 8.74. The van der Waals surface area contributed by atoms with E-state index in [4.69, 9.17) is 0 Å². The second-order valence-corrected chi connectivity index (χ2v) is 5.46. The molecule has 0 amide bonds. The van der Waals surface area contributed by atoms with Gasteiger partial charge in [-0.2, -0.15) is 0 Å². The molecule has 1 aliphatic heterocycles. The van der Waals surface area contributed by atoms with Gasteiger partial charge in [-0.1, -0.05) is 18.2 Å². The lowest BCUT2D eigenvalue weighted by atomic mass is 10.0. The van der Waals surface area contributed by atoms with Crippen LogP contribution < -0.4 is 5.32 Å². The molecule has 0 aliphatic carbocycles. The Balaban J connectivity index is 0.00000110. The van der Waals surface area contributed by atoms with E-state index in [1.54, 1.807) is 0 Å². The van der Waals surface area contributed by atoms with Gasteiger partial charge in [-0.05, 0) is 31.0 Å². The molecule has 0 saturated carbocycles. The predicted octanol–water partition coefficient (Wildman–Crippen LogP) is 3.18. The molecule has 116 valence electrons. The van der Waals surface area contributed by atoms with Crippen molar-refractivity contribution in [2.45, 2.75) is 26.4 Å². The summed E-state index contributed by atoms with van der Waals surface area (Å²) in [6.07, 6.45) is 1.88. The number of halogens is 2. The Kier molecular flexibility index (Phi) is 6.88. The minimum Gasteiger partial charge on any atom is -0.314 e. The summed E-state index contributed by atoms with van der Waals surface area (Å²) in [5.74, 6) is 0. The summed E-state index contributed by atoms with van der Waals surface area (Å²) in [5, 5.41) is 4.74. The maximum Gasteiger partial charge on any atom is 0.0734 e. The molecule has 1 N–H and O–H groups in total. The van der Waals surface area contributed by atoms with Gasteiger partial charge in [0.2, 0.25) is 0 Å². The zero-order valence-corrected chi connectivity index (χ0v) is 14.1. The monoisotopic (exact) mass is 327 g/mol. The normalized spacial score (nSPS) is 18.9. The van der Waals surface area contributed by atoms with Crippen molar-refractivity contribution in [1.29, 1.82) is 0 Å². The fraction of sp³-hybridized carbons (Fsp3) is 0.438. The molecule has 2 aromatic rings.